The van der Waals surface area contributed by atoms with E-state index >= 15 is 0 Å². The Labute approximate surface area is 210 Å². The van der Waals surface area contributed by atoms with Gasteiger partial charge in [0.2, 0.25) is 15.8 Å². The number of aryl methyl sites for hydroxylation is 1. The molecule has 0 unspecified atom stereocenters. The maximum Gasteiger partial charge on any atom is 0.451 e. The molecule has 0 saturated heterocycles. The molecule has 1 N–H and O–H groups in total. The van der Waals surface area contributed by atoms with Crippen LogP contribution in [0.15, 0.2) is 48.5 Å². The molecule has 4 aromatic rings. The van der Waals surface area contributed by atoms with E-state index in [1.165, 1.54) is 7.05 Å². The van der Waals surface area contributed by atoms with Crippen LogP contribution < -0.4 is 4.31 Å². The predicted octanol–water partition coefficient (Wildman–Crippen LogP) is 4.19. The highest BCUT2D eigenvalue weighted by Crippen LogP contribution is 2.35. The molecule has 2 aromatic carbocycles. The van der Waals surface area contributed by atoms with Gasteiger partial charge in [0, 0.05) is 23.9 Å². The Morgan fingerprint density at radius 1 is 0.973 bits per heavy atom. The van der Waals surface area contributed by atoms with Gasteiger partial charge in [-0.1, -0.05) is 48.5 Å². The number of anilines is 1. The van der Waals surface area contributed by atoms with Gasteiger partial charge in [0.15, 0.2) is 5.82 Å². The largest absolute Gasteiger partial charge is 0.451 e. The summed E-state index contributed by atoms with van der Waals surface area (Å²) in [6.07, 6.45) is -2.57. The van der Waals surface area contributed by atoms with Crippen molar-refractivity contribution in [3.05, 3.63) is 71.2 Å². The lowest BCUT2D eigenvalue weighted by Crippen LogP contribution is -2.32. The van der Waals surface area contributed by atoms with Crippen LogP contribution in [-0.4, -0.2) is 46.1 Å². The van der Waals surface area contributed by atoms with Crippen LogP contribution in [0, 0.1) is 0 Å². The molecule has 0 spiro atoms. The first-order chi connectivity index (χ1) is 17.6. The third kappa shape index (κ3) is 5.03. The van der Waals surface area contributed by atoms with Crippen LogP contribution in [-0.2, 0) is 34.8 Å². The molecule has 0 fully saturated rings. The highest BCUT2D eigenvalue weighted by atomic mass is 32.2. The summed E-state index contributed by atoms with van der Waals surface area (Å²) >= 11 is 0. The van der Waals surface area contributed by atoms with E-state index in [1.807, 2.05) is 24.3 Å². The number of nitrogens with zero attached hydrogens (tertiary/aromatic N) is 6. The van der Waals surface area contributed by atoms with E-state index in [1.54, 1.807) is 24.3 Å². The summed E-state index contributed by atoms with van der Waals surface area (Å²) in [6, 6.07) is 14.4. The number of aromatic amines is 1. The monoisotopic (exact) mass is 529 g/mol. The average molecular weight is 530 g/mol. The lowest BCUT2D eigenvalue weighted by molar-refractivity contribution is -0.145. The van der Waals surface area contributed by atoms with Crippen LogP contribution in [0.3, 0.4) is 0 Å². The number of H-pyrrole nitrogens is 1. The second kappa shape index (κ2) is 9.54. The number of hydrogen-bond acceptors (Lipinski definition) is 7. The van der Waals surface area contributed by atoms with Crippen LogP contribution in [0.2, 0.25) is 0 Å². The summed E-state index contributed by atoms with van der Waals surface area (Å²) in [5.41, 5.74) is 3.64. The number of rotatable bonds is 6. The van der Waals surface area contributed by atoms with Gasteiger partial charge in [-0.25, -0.2) is 23.5 Å². The van der Waals surface area contributed by atoms with Crippen molar-refractivity contribution in [3.8, 4) is 22.5 Å². The zero-order valence-electron chi connectivity index (χ0n) is 19.7. The molecule has 9 nitrogen and oxygen atoms in total. The first kappa shape index (κ1) is 24.8. The molecule has 2 aromatic heterocycles. The van der Waals surface area contributed by atoms with E-state index in [-0.39, 0.29) is 11.5 Å². The minimum atomic E-state index is -4.78. The van der Waals surface area contributed by atoms with Crippen molar-refractivity contribution in [1.29, 1.82) is 0 Å². The fourth-order valence-corrected chi connectivity index (χ4v) is 5.62. The molecule has 1 aliphatic rings. The normalized spacial score (nSPS) is 13.8. The van der Waals surface area contributed by atoms with Gasteiger partial charge in [-0.2, -0.15) is 13.2 Å². The minimum absolute atomic E-state index is 0.205. The Balaban J connectivity index is 1.43. The highest BCUT2D eigenvalue weighted by Gasteiger charge is 2.38. The summed E-state index contributed by atoms with van der Waals surface area (Å²) in [5, 5.41) is 13.9. The number of hydrogen-bond donors (Lipinski definition) is 1. The van der Waals surface area contributed by atoms with Crippen molar-refractivity contribution in [2.75, 3.05) is 11.4 Å². The summed E-state index contributed by atoms with van der Waals surface area (Å²) in [7, 11) is -2.80. The van der Waals surface area contributed by atoms with E-state index in [2.05, 4.69) is 30.6 Å². The average Bonchev–Trinajstić information content (AvgIpc) is 3.42. The first-order valence-electron chi connectivity index (χ1n) is 11.5. The predicted molar refractivity (Wildman–Crippen MR) is 130 cm³/mol. The number of aromatic nitrogens is 6. The maximum absolute atomic E-state index is 13.4. The summed E-state index contributed by atoms with van der Waals surface area (Å²) in [6.45, 7) is 0. The molecule has 0 atom stereocenters. The van der Waals surface area contributed by atoms with Gasteiger partial charge in [-0.3, -0.25) is 4.31 Å². The van der Waals surface area contributed by atoms with E-state index in [4.69, 9.17) is 0 Å². The van der Waals surface area contributed by atoms with Crippen LogP contribution in [0.5, 0.6) is 0 Å². The second-order valence-electron chi connectivity index (χ2n) is 8.72. The quantitative estimate of drug-likeness (QED) is 0.398. The lowest BCUT2D eigenvalue weighted by atomic mass is 9.96. The van der Waals surface area contributed by atoms with Crippen molar-refractivity contribution in [3.63, 3.8) is 0 Å². The molecule has 192 valence electrons. The van der Waals surface area contributed by atoms with Crippen molar-refractivity contribution in [1.82, 2.24) is 30.6 Å². The Bertz CT molecular complexity index is 1520. The smallest absolute Gasteiger partial charge is 0.256 e. The standard InChI is InChI=1S/C24H22F3N7O2S/c1-34(22-19-8-4-5-9-20(19)28-23(29-22)24(25,26)27)37(35,36)14-15-10-12-16(13-11-15)17-6-2-3-7-18(17)21-30-32-33-31-21/h2-3,6-7,10-13H,4-5,8-9,14H2,1H3,(H,30,31,32,33). The summed E-state index contributed by atoms with van der Waals surface area (Å²) in [4.78, 5) is 7.33. The van der Waals surface area contributed by atoms with E-state index < -0.39 is 27.8 Å². The maximum atomic E-state index is 13.4. The SMILES string of the molecule is CN(c1nc(C(F)(F)F)nc2c1CCCC2)S(=O)(=O)Cc1ccc(-c2ccccc2-c2nnn[nH]2)cc1. The van der Waals surface area contributed by atoms with Crippen molar-refractivity contribution in [2.24, 2.45) is 0 Å². The van der Waals surface area contributed by atoms with Crippen LogP contribution in [0.25, 0.3) is 22.5 Å². The molecule has 5 rings (SSSR count). The van der Waals surface area contributed by atoms with Crippen LogP contribution in [0.1, 0.15) is 35.5 Å². The topological polar surface area (TPSA) is 118 Å². The third-order valence-corrected chi connectivity index (χ3v) is 7.98. The number of benzene rings is 2. The number of alkyl halides is 3. The first-order valence-corrected chi connectivity index (χ1v) is 13.1. The Morgan fingerprint density at radius 3 is 2.35 bits per heavy atom. The molecule has 13 heteroatoms. The molecule has 1 aliphatic carbocycles. The van der Waals surface area contributed by atoms with E-state index in [0.717, 1.165) is 27.4 Å². The van der Waals surface area contributed by atoms with Gasteiger partial charge in [0.1, 0.15) is 5.82 Å². The molecule has 0 bridgehead atoms. The van der Waals surface area contributed by atoms with Gasteiger partial charge in [-0.05, 0) is 52.8 Å². The Morgan fingerprint density at radius 2 is 1.68 bits per heavy atom. The zero-order chi connectivity index (χ0) is 26.2. The molecular formula is C24H22F3N7O2S. The molecule has 37 heavy (non-hydrogen) atoms. The fourth-order valence-electron chi connectivity index (χ4n) is 4.40. The lowest BCUT2D eigenvalue weighted by Gasteiger charge is -2.25. The number of fused-ring (bicyclic) bond motifs is 1. The number of tetrazole rings is 1. The van der Waals surface area contributed by atoms with Crippen molar-refractivity contribution in [2.45, 2.75) is 37.6 Å². The Hall–Kier alpha value is -3.87. The molecular weight excluding hydrogens is 507 g/mol. The molecule has 0 amide bonds. The fraction of sp³-hybridized carbons (Fsp3) is 0.292. The molecule has 2 heterocycles. The second-order valence-corrected chi connectivity index (χ2v) is 10.7. The number of sulfonamides is 1. The van der Waals surface area contributed by atoms with Crippen molar-refractivity contribution >= 4 is 15.8 Å². The number of nitrogens with one attached hydrogen (secondary N) is 1. The third-order valence-electron chi connectivity index (χ3n) is 6.27. The van der Waals surface area contributed by atoms with Gasteiger partial charge in [0.05, 0.1) is 5.75 Å². The van der Waals surface area contributed by atoms with Gasteiger partial charge >= 0.3 is 6.18 Å². The highest BCUT2D eigenvalue weighted by molar-refractivity contribution is 7.92. The minimum Gasteiger partial charge on any atom is -0.256 e. The van der Waals surface area contributed by atoms with E-state index in [0.29, 0.717) is 36.2 Å². The Kier molecular flexibility index (Phi) is 6.40. The van der Waals surface area contributed by atoms with Gasteiger partial charge in [-0.15, -0.1) is 5.10 Å². The molecule has 0 aliphatic heterocycles. The summed E-state index contributed by atoms with van der Waals surface area (Å²) in [5.74, 6) is -1.44. The van der Waals surface area contributed by atoms with Crippen LogP contribution >= 0.6 is 0 Å². The molecule has 0 saturated carbocycles. The van der Waals surface area contributed by atoms with Crippen LogP contribution in [0.4, 0.5) is 19.0 Å². The van der Waals surface area contributed by atoms with Gasteiger partial charge < -0.3 is 0 Å². The van der Waals surface area contributed by atoms with Gasteiger partial charge in [0.25, 0.3) is 0 Å². The summed E-state index contributed by atoms with van der Waals surface area (Å²) < 4.78 is 67.7. The molecule has 0 radical (unpaired) electrons. The number of halogens is 3. The zero-order valence-corrected chi connectivity index (χ0v) is 20.5. The van der Waals surface area contributed by atoms with Crippen molar-refractivity contribution < 1.29 is 21.6 Å². The van der Waals surface area contributed by atoms with E-state index in [9.17, 15) is 21.6 Å².